The fraction of sp³-hybridized carbons (Fsp3) is 0.667. The van der Waals surface area contributed by atoms with Crippen LogP contribution in [-0.4, -0.2) is 61.1 Å². The predicted octanol–water partition coefficient (Wildman–Crippen LogP) is 2.61. The van der Waals surface area contributed by atoms with Crippen molar-refractivity contribution in [1.29, 1.82) is 0 Å². The van der Waals surface area contributed by atoms with E-state index >= 15 is 0 Å². The number of fused-ring (bicyclic) bond motifs is 1. The lowest BCUT2D eigenvalue weighted by molar-refractivity contribution is -0.132. The maximum Gasteiger partial charge on any atom is 0.223 e. The van der Waals surface area contributed by atoms with Crippen molar-refractivity contribution in [1.82, 2.24) is 15.1 Å². The third-order valence-electron chi connectivity index (χ3n) is 6.06. The van der Waals surface area contributed by atoms with E-state index in [1.54, 1.807) is 0 Å². The van der Waals surface area contributed by atoms with Crippen molar-refractivity contribution < 1.29 is 9.53 Å². The van der Waals surface area contributed by atoms with E-state index in [4.69, 9.17) is 4.74 Å². The molecule has 0 aromatic heterocycles. The summed E-state index contributed by atoms with van der Waals surface area (Å²) in [5.74, 6) is 1.37. The number of amides is 1. The van der Waals surface area contributed by atoms with Crippen molar-refractivity contribution in [2.24, 2.45) is 0 Å². The zero-order valence-electron chi connectivity index (χ0n) is 16.1. The molecule has 0 bridgehead atoms. The molecule has 2 aliphatic heterocycles. The third kappa shape index (κ3) is 5.15. The molecule has 1 amide bonds. The molecule has 0 radical (unpaired) electrons. The molecule has 2 fully saturated rings. The van der Waals surface area contributed by atoms with Crippen LogP contribution in [0.2, 0.25) is 0 Å². The first kappa shape index (κ1) is 20.4. The highest BCUT2D eigenvalue weighted by atomic mass is 35.5. The standard InChI is InChI=1S/C21H31N3O2.ClH/c25-21(23-12-9-22-10-13-23)7-11-24(19-3-1-2-4-19)16-17-5-6-20-18(15-17)8-14-26-20;/h5-6,15,19,22H,1-4,7-14,16H2;1H. The van der Waals surface area contributed by atoms with E-state index in [1.807, 2.05) is 4.90 Å². The van der Waals surface area contributed by atoms with Crippen LogP contribution in [0.25, 0.3) is 0 Å². The monoisotopic (exact) mass is 393 g/mol. The predicted molar refractivity (Wildman–Crippen MR) is 110 cm³/mol. The van der Waals surface area contributed by atoms with Gasteiger partial charge < -0.3 is 15.0 Å². The van der Waals surface area contributed by atoms with Crippen LogP contribution in [-0.2, 0) is 17.8 Å². The van der Waals surface area contributed by atoms with Gasteiger partial charge in [-0.1, -0.05) is 25.0 Å². The molecule has 1 saturated heterocycles. The van der Waals surface area contributed by atoms with Crippen LogP contribution >= 0.6 is 12.4 Å². The number of carbonyl (C=O) groups is 1. The van der Waals surface area contributed by atoms with Gasteiger partial charge in [-0.2, -0.15) is 0 Å². The van der Waals surface area contributed by atoms with Crippen molar-refractivity contribution in [2.75, 3.05) is 39.3 Å². The minimum atomic E-state index is 0. The molecule has 2 heterocycles. The number of halogens is 1. The van der Waals surface area contributed by atoms with Gasteiger partial charge in [0.2, 0.25) is 5.91 Å². The molecule has 6 heteroatoms. The first-order chi connectivity index (χ1) is 12.8. The molecule has 1 aromatic rings. The van der Waals surface area contributed by atoms with E-state index in [0.29, 0.717) is 18.4 Å². The van der Waals surface area contributed by atoms with Crippen LogP contribution in [0.3, 0.4) is 0 Å². The molecule has 5 nitrogen and oxygen atoms in total. The molecule has 0 unspecified atom stereocenters. The molecule has 1 N–H and O–H groups in total. The average Bonchev–Trinajstić information content (AvgIpc) is 3.37. The Morgan fingerprint density at radius 2 is 2.00 bits per heavy atom. The number of nitrogens with one attached hydrogen (secondary N) is 1. The molecule has 27 heavy (non-hydrogen) atoms. The van der Waals surface area contributed by atoms with Gasteiger partial charge in [0.1, 0.15) is 5.75 Å². The van der Waals surface area contributed by atoms with Crippen LogP contribution < -0.4 is 10.1 Å². The molecule has 1 aliphatic carbocycles. The van der Waals surface area contributed by atoms with Gasteiger partial charge in [-0.25, -0.2) is 0 Å². The van der Waals surface area contributed by atoms with Crippen molar-refractivity contribution in [3.8, 4) is 5.75 Å². The summed E-state index contributed by atoms with van der Waals surface area (Å²) in [5, 5.41) is 3.32. The van der Waals surface area contributed by atoms with Crippen molar-refractivity contribution >= 4 is 18.3 Å². The summed E-state index contributed by atoms with van der Waals surface area (Å²) in [6.07, 6.45) is 6.86. The Labute approximate surface area is 168 Å². The van der Waals surface area contributed by atoms with Gasteiger partial charge in [0.05, 0.1) is 6.61 Å². The molecule has 1 saturated carbocycles. The maximum atomic E-state index is 12.6. The Morgan fingerprint density at radius 3 is 2.78 bits per heavy atom. The zero-order valence-corrected chi connectivity index (χ0v) is 16.9. The Hall–Kier alpha value is -1.30. The summed E-state index contributed by atoms with van der Waals surface area (Å²) < 4.78 is 5.64. The van der Waals surface area contributed by atoms with Gasteiger partial charge in [0.25, 0.3) is 0 Å². The second-order valence-corrected chi connectivity index (χ2v) is 7.83. The fourth-order valence-electron chi connectivity index (χ4n) is 4.54. The molecule has 0 atom stereocenters. The lowest BCUT2D eigenvalue weighted by atomic mass is 10.1. The number of hydrogen-bond donors (Lipinski definition) is 1. The topological polar surface area (TPSA) is 44.8 Å². The number of hydrogen-bond acceptors (Lipinski definition) is 4. The average molecular weight is 394 g/mol. The first-order valence-electron chi connectivity index (χ1n) is 10.3. The third-order valence-corrected chi connectivity index (χ3v) is 6.06. The van der Waals surface area contributed by atoms with Gasteiger partial charge in [-0.3, -0.25) is 9.69 Å². The van der Waals surface area contributed by atoms with E-state index in [1.165, 1.54) is 36.8 Å². The molecule has 4 rings (SSSR count). The highest BCUT2D eigenvalue weighted by molar-refractivity contribution is 5.85. The van der Waals surface area contributed by atoms with E-state index in [-0.39, 0.29) is 12.4 Å². The van der Waals surface area contributed by atoms with E-state index in [9.17, 15) is 4.79 Å². The molecule has 1 aromatic carbocycles. The molecule has 150 valence electrons. The van der Waals surface area contributed by atoms with Crippen LogP contribution in [0.1, 0.15) is 43.2 Å². The first-order valence-corrected chi connectivity index (χ1v) is 10.3. The lowest BCUT2D eigenvalue weighted by Gasteiger charge is -2.31. The Bertz CT molecular complexity index is 628. The number of nitrogens with zero attached hydrogens (tertiary/aromatic N) is 2. The molecular formula is C21H32ClN3O2. The number of ether oxygens (including phenoxy) is 1. The minimum Gasteiger partial charge on any atom is -0.493 e. The normalized spacial score (nSPS) is 19.7. The van der Waals surface area contributed by atoms with E-state index in [0.717, 1.165) is 58.0 Å². The summed E-state index contributed by atoms with van der Waals surface area (Å²) >= 11 is 0. The van der Waals surface area contributed by atoms with Crippen LogP contribution in [0.4, 0.5) is 0 Å². The van der Waals surface area contributed by atoms with Gasteiger partial charge in [0.15, 0.2) is 0 Å². The van der Waals surface area contributed by atoms with Crippen LogP contribution in [0, 0.1) is 0 Å². The van der Waals surface area contributed by atoms with Crippen molar-refractivity contribution in [3.63, 3.8) is 0 Å². The van der Waals surface area contributed by atoms with E-state index in [2.05, 4.69) is 28.4 Å². The highest BCUT2D eigenvalue weighted by Gasteiger charge is 2.25. The second kappa shape index (κ2) is 9.76. The quantitative estimate of drug-likeness (QED) is 0.806. The number of benzene rings is 1. The summed E-state index contributed by atoms with van der Waals surface area (Å²) in [5.41, 5.74) is 2.70. The minimum absolute atomic E-state index is 0. The maximum absolute atomic E-state index is 12.6. The number of carbonyl (C=O) groups excluding carboxylic acids is 1. The lowest BCUT2D eigenvalue weighted by Crippen LogP contribution is -2.47. The second-order valence-electron chi connectivity index (χ2n) is 7.83. The largest absolute Gasteiger partial charge is 0.493 e. The molecule has 3 aliphatic rings. The number of piperazine rings is 1. The highest BCUT2D eigenvalue weighted by Crippen LogP contribution is 2.29. The van der Waals surface area contributed by atoms with Gasteiger partial charge in [0, 0.05) is 58.2 Å². The molecular weight excluding hydrogens is 362 g/mol. The summed E-state index contributed by atoms with van der Waals surface area (Å²) in [6.45, 7) is 6.20. The van der Waals surface area contributed by atoms with Crippen LogP contribution in [0.5, 0.6) is 5.75 Å². The zero-order chi connectivity index (χ0) is 17.8. The number of rotatable bonds is 6. The van der Waals surface area contributed by atoms with Gasteiger partial charge in [-0.15, -0.1) is 12.4 Å². The van der Waals surface area contributed by atoms with E-state index < -0.39 is 0 Å². The van der Waals surface area contributed by atoms with Crippen LogP contribution in [0.15, 0.2) is 18.2 Å². The summed E-state index contributed by atoms with van der Waals surface area (Å²) in [7, 11) is 0. The SMILES string of the molecule is Cl.O=C(CCN(Cc1ccc2c(c1)CCO2)C1CCCC1)N1CCNCC1. The summed E-state index contributed by atoms with van der Waals surface area (Å²) in [4.78, 5) is 17.2. The Morgan fingerprint density at radius 1 is 1.22 bits per heavy atom. The molecule has 0 spiro atoms. The smallest absolute Gasteiger partial charge is 0.223 e. The summed E-state index contributed by atoms with van der Waals surface area (Å²) in [6, 6.07) is 7.26. The Kier molecular flexibility index (Phi) is 7.39. The van der Waals surface area contributed by atoms with Gasteiger partial charge in [-0.05, 0) is 30.0 Å². The Balaban J connectivity index is 0.00000210. The fourth-order valence-corrected chi connectivity index (χ4v) is 4.54. The van der Waals surface area contributed by atoms with Gasteiger partial charge >= 0.3 is 0 Å². The van der Waals surface area contributed by atoms with Crippen molar-refractivity contribution in [2.45, 2.75) is 51.1 Å². The van der Waals surface area contributed by atoms with Crippen molar-refractivity contribution in [3.05, 3.63) is 29.3 Å².